The summed E-state index contributed by atoms with van der Waals surface area (Å²) in [5, 5.41) is 9.76. The summed E-state index contributed by atoms with van der Waals surface area (Å²) < 4.78 is 48.5. The number of carbonyl (C=O) groups excluding carboxylic acids is 2. The molecule has 1 fully saturated rings. The first-order valence-electron chi connectivity index (χ1n) is 9.08. The summed E-state index contributed by atoms with van der Waals surface area (Å²) in [7, 11) is 0. The zero-order valence-electron chi connectivity index (χ0n) is 16.0. The first-order chi connectivity index (χ1) is 14.1. The summed E-state index contributed by atoms with van der Waals surface area (Å²) >= 11 is 0. The van der Waals surface area contributed by atoms with Gasteiger partial charge in [-0.25, -0.2) is 9.59 Å². The first-order valence-corrected chi connectivity index (χ1v) is 9.08. The largest absolute Gasteiger partial charge is 0.458 e. The van der Waals surface area contributed by atoms with Crippen LogP contribution in [0.4, 0.5) is 13.2 Å². The number of ether oxygens (including phenoxy) is 2. The second-order valence-electron chi connectivity index (χ2n) is 7.09. The van der Waals surface area contributed by atoms with E-state index in [4.69, 9.17) is 9.47 Å². The van der Waals surface area contributed by atoms with Gasteiger partial charge in [0.1, 0.15) is 6.61 Å². The van der Waals surface area contributed by atoms with Crippen molar-refractivity contribution in [1.82, 2.24) is 0 Å². The number of hydrogen-bond acceptors (Lipinski definition) is 5. The van der Waals surface area contributed by atoms with Crippen LogP contribution in [0, 0.1) is 6.92 Å². The number of aliphatic hydroxyl groups is 1. The zero-order valence-corrected chi connectivity index (χ0v) is 16.0. The molecule has 0 aliphatic carbocycles. The Kier molecular flexibility index (Phi) is 5.98. The van der Waals surface area contributed by atoms with Crippen LogP contribution < -0.4 is 0 Å². The van der Waals surface area contributed by atoms with E-state index in [0.717, 1.165) is 12.1 Å². The maximum Gasteiger partial charge on any atom is 0.416 e. The van der Waals surface area contributed by atoms with Gasteiger partial charge >= 0.3 is 18.1 Å². The third kappa shape index (κ3) is 4.71. The Bertz CT molecular complexity index is 979. The SMILES string of the molecule is Cc1ccccc1C(=O)OCC1(CO)C/C(=C/c2ccc(C(F)(F)F)cc2)C(=O)O1. The summed E-state index contributed by atoms with van der Waals surface area (Å²) in [6.07, 6.45) is -3.11. The van der Waals surface area contributed by atoms with Crippen molar-refractivity contribution in [3.63, 3.8) is 0 Å². The Labute approximate surface area is 170 Å². The highest BCUT2D eigenvalue weighted by Gasteiger charge is 2.44. The third-order valence-corrected chi connectivity index (χ3v) is 4.78. The maximum atomic E-state index is 12.7. The fourth-order valence-corrected chi connectivity index (χ4v) is 3.09. The molecule has 1 aliphatic rings. The fourth-order valence-electron chi connectivity index (χ4n) is 3.09. The van der Waals surface area contributed by atoms with E-state index in [1.54, 1.807) is 31.2 Å². The standard InChI is InChI=1S/C22H19F3O5/c1-14-4-2-3-5-18(14)20(28)29-13-21(12-26)11-16(19(27)30-21)10-15-6-8-17(9-7-15)22(23,24)25/h2-10,26H,11-13H2,1H3/b16-10-. The van der Waals surface area contributed by atoms with Crippen LogP contribution in [0.25, 0.3) is 6.08 Å². The minimum atomic E-state index is -4.45. The molecule has 158 valence electrons. The van der Waals surface area contributed by atoms with Crippen LogP contribution in [0.15, 0.2) is 54.1 Å². The van der Waals surface area contributed by atoms with Crippen molar-refractivity contribution < 1.29 is 37.3 Å². The van der Waals surface area contributed by atoms with Crippen LogP contribution in [0.3, 0.4) is 0 Å². The van der Waals surface area contributed by atoms with Gasteiger partial charge in [-0.05, 0) is 42.3 Å². The molecular formula is C22H19F3O5. The molecule has 30 heavy (non-hydrogen) atoms. The molecule has 5 nitrogen and oxygen atoms in total. The lowest BCUT2D eigenvalue weighted by Crippen LogP contribution is -2.39. The normalized spacial score (nSPS) is 20.3. The van der Waals surface area contributed by atoms with Crippen molar-refractivity contribution in [2.24, 2.45) is 0 Å². The van der Waals surface area contributed by atoms with Gasteiger partial charge in [0.25, 0.3) is 0 Å². The molecule has 8 heteroatoms. The smallest absolute Gasteiger partial charge is 0.416 e. The summed E-state index contributed by atoms with van der Waals surface area (Å²) in [6.45, 7) is 0.815. The highest BCUT2D eigenvalue weighted by Crippen LogP contribution is 2.33. The van der Waals surface area contributed by atoms with Gasteiger partial charge < -0.3 is 14.6 Å². The minimum Gasteiger partial charge on any atom is -0.458 e. The molecule has 0 aromatic heterocycles. The molecule has 0 spiro atoms. The maximum absolute atomic E-state index is 12.7. The number of benzene rings is 2. The van der Waals surface area contributed by atoms with Gasteiger partial charge in [-0.3, -0.25) is 0 Å². The Morgan fingerprint density at radius 2 is 1.87 bits per heavy atom. The minimum absolute atomic E-state index is 0.0512. The van der Waals surface area contributed by atoms with Crippen LogP contribution in [0.2, 0.25) is 0 Å². The van der Waals surface area contributed by atoms with Gasteiger partial charge in [-0.2, -0.15) is 13.2 Å². The molecule has 0 saturated carbocycles. The molecule has 3 rings (SSSR count). The van der Waals surface area contributed by atoms with Crippen LogP contribution >= 0.6 is 0 Å². The molecule has 1 heterocycles. The highest BCUT2D eigenvalue weighted by molar-refractivity contribution is 5.96. The first kappa shape index (κ1) is 21.6. The molecule has 0 bridgehead atoms. The molecule has 2 aromatic rings. The van der Waals surface area contributed by atoms with E-state index in [-0.39, 0.29) is 18.6 Å². The van der Waals surface area contributed by atoms with Crippen molar-refractivity contribution in [3.8, 4) is 0 Å². The second kappa shape index (κ2) is 8.31. The molecular weight excluding hydrogens is 401 g/mol. The van der Waals surface area contributed by atoms with Gasteiger partial charge in [0, 0.05) is 12.0 Å². The monoisotopic (exact) mass is 420 g/mol. The predicted octanol–water partition coefficient (Wildman–Crippen LogP) is 3.93. The van der Waals surface area contributed by atoms with Crippen LogP contribution in [-0.4, -0.2) is 35.9 Å². The fraction of sp³-hybridized carbons (Fsp3) is 0.273. The molecule has 0 radical (unpaired) electrons. The van der Waals surface area contributed by atoms with Crippen molar-refractivity contribution in [3.05, 3.63) is 76.4 Å². The van der Waals surface area contributed by atoms with Crippen molar-refractivity contribution in [2.45, 2.75) is 25.1 Å². The predicted molar refractivity (Wildman–Crippen MR) is 101 cm³/mol. The average Bonchev–Trinajstić information content (AvgIpc) is 3.02. The van der Waals surface area contributed by atoms with Gasteiger partial charge in [-0.15, -0.1) is 0 Å². The van der Waals surface area contributed by atoms with Crippen molar-refractivity contribution in [2.75, 3.05) is 13.2 Å². The molecule has 1 aliphatic heterocycles. The number of aliphatic hydroxyl groups excluding tert-OH is 1. The summed E-state index contributed by atoms with van der Waals surface area (Å²) in [6, 6.07) is 11.1. The van der Waals surface area contributed by atoms with E-state index >= 15 is 0 Å². The van der Waals surface area contributed by atoms with Crippen molar-refractivity contribution in [1.29, 1.82) is 0 Å². The molecule has 1 saturated heterocycles. The quantitative estimate of drug-likeness (QED) is 0.586. The van der Waals surface area contributed by atoms with E-state index in [1.165, 1.54) is 18.2 Å². The van der Waals surface area contributed by atoms with E-state index < -0.39 is 35.9 Å². The molecule has 1 unspecified atom stereocenters. The van der Waals surface area contributed by atoms with Gasteiger partial charge in [0.2, 0.25) is 0 Å². The zero-order chi connectivity index (χ0) is 21.9. The van der Waals surface area contributed by atoms with E-state index in [0.29, 0.717) is 16.7 Å². The lowest BCUT2D eigenvalue weighted by molar-refractivity contribution is -0.154. The summed E-state index contributed by atoms with van der Waals surface area (Å²) in [5.74, 6) is -1.34. The highest BCUT2D eigenvalue weighted by atomic mass is 19.4. The number of aryl methyl sites for hydroxylation is 1. The summed E-state index contributed by atoms with van der Waals surface area (Å²) in [4.78, 5) is 24.5. The van der Waals surface area contributed by atoms with Gasteiger partial charge in [-0.1, -0.05) is 30.3 Å². The Morgan fingerprint density at radius 1 is 1.20 bits per heavy atom. The van der Waals surface area contributed by atoms with Gasteiger partial charge in [0.15, 0.2) is 5.60 Å². The van der Waals surface area contributed by atoms with E-state index in [2.05, 4.69) is 0 Å². The number of alkyl halides is 3. The number of hydrogen-bond donors (Lipinski definition) is 1. The van der Waals surface area contributed by atoms with E-state index in [9.17, 15) is 27.9 Å². The lowest BCUT2D eigenvalue weighted by Gasteiger charge is -2.24. The topological polar surface area (TPSA) is 72.8 Å². The third-order valence-electron chi connectivity index (χ3n) is 4.78. The Balaban J connectivity index is 1.72. The van der Waals surface area contributed by atoms with Crippen LogP contribution in [0.1, 0.15) is 33.5 Å². The number of cyclic esters (lactones) is 1. The number of rotatable bonds is 5. The molecule has 1 N–H and O–H groups in total. The molecule has 2 aromatic carbocycles. The average molecular weight is 420 g/mol. The van der Waals surface area contributed by atoms with E-state index in [1.807, 2.05) is 0 Å². The molecule has 0 amide bonds. The number of esters is 2. The lowest BCUT2D eigenvalue weighted by atomic mass is 9.97. The second-order valence-corrected chi connectivity index (χ2v) is 7.09. The number of halogens is 3. The Hall–Kier alpha value is -3.13. The van der Waals surface area contributed by atoms with Crippen LogP contribution in [0.5, 0.6) is 0 Å². The summed E-state index contributed by atoms with van der Waals surface area (Å²) in [5.41, 5.74) is -0.627. The van der Waals surface area contributed by atoms with Crippen LogP contribution in [-0.2, 0) is 20.4 Å². The number of carbonyl (C=O) groups is 2. The van der Waals surface area contributed by atoms with Gasteiger partial charge in [0.05, 0.1) is 17.7 Å². The Morgan fingerprint density at radius 3 is 2.47 bits per heavy atom. The molecule has 1 atom stereocenters. The van der Waals surface area contributed by atoms with Crippen molar-refractivity contribution >= 4 is 18.0 Å².